The van der Waals surface area contributed by atoms with E-state index in [1.54, 1.807) is 6.20 Å². The van der Waals surface area contributed by atoms with Gasteiger partial charge in [-0.1, -0.05) is 13.8 Å². The van der Waals surface area contributed by atoms with Gasteiger partial charge in [-0.2, -0.15) is 5.10 Å². The van der Waals surface area contributed by atoms with Gasteiger partial charge in [0, 0.05) is 51.6 Å². The van der Waals surface area contributed by atoms with Gasteiger partial charge in [0.15, 0.2) is 0 Å². The summed E-state index contributed by atoms with van der Waals surface area (Å²) in [5.41, 5.74) is 1.07. The van der Waals surface area contributed by atoms with Crippen molar-refractivity contribution < 1.29 is 9.53 Å². The molecule has 3 unspecified atom stereocenters. The quantitative estimate of drug-likeness (QED) is 0.900. The number of likely N-dealkylation sites (N-methyl/N-ethyl adjacent to an activating group) is 1. The third kappa shape index (κ3) is 4.15. The Morgan fingerprint density at radius 2 is 2.24 bits per heavy atom. The first-order chi connectivity index (χ1) is 12.1. The molecule has 2 fully saturated rings. The number of carbonyl (C=O) groups is 1. The second kappa shape index (κ2) is 8.19. The van der Waals surface area contributed by atoms with Gasteiger partial charge in [-0.25, -0.2) is 4.79 Å². The molecule has 2 aliphatic heterocycles. The van der Waals surface area contributed by atoms with Gasteiger partial charge in [-0.15, -0.1) is 0 Å². The lowest BCUT2D eigenvalue weighted by Crippen LogP contribution is -2.58. The van der Waals surface area contributed by atoms with Crippen LogP contribution in [0.5, 0.6) is 0 Å². The monoisotopic (exact) mass is 349 g/mol. The number of hydrogen-bond donors (Lipinski definition) is 1. The number of rotatable bonds is 4. The van der Waals surface area contributed by atoms with Crippen LogP contribution < -0.4 is 5.32 Å². The molecule has 25 heavy (non-hydrogen) atoms. The average Bonchev–Trinajstić information content (AvgIpc) is 3.07. The number of ether oxygens (including phenoxy) is 1. The highest BCUT2D eigenvalue weighted by molar-refractivity contribution is 5.75. The van der Waals surface area contributed by atoms with Gasteiger partial charge in [0.2, 0.25) is 0 Å². The third-order valence-corrected chi connectivity index (χ3v) is 5.55. The summed E-state index contributed by atoms with van der Waals surface area (Å²) in [5, 5.41) is 7.48. The van der Waals surface area contributed by atoms with Gasteiger partial charge in [0.1, 0.15) is 6.10 Å². The molecule has 3 rings (SSSR count). The van der Waals surface area contributed by atoms with Crippen LogP contribution in [-0.2, 0) is 11.8 Å². The maximum Gasteiger partial charge on any atom is 0.317 e. The Bertz CT molecular complexity index is 576. The van der Waals surface area contributed by atoms with Crippen molar-refractivity contribution in [2.45, 2.75) is 51.3 Å². The van der Waals surface area contributed by atoms with E-state index in [-0.39, 0.29) is 18.2 Å². The average molecular weight is 349 g/mol. The molecule has 3 atom stereocenters. The Morgan fingerprint density at radius 3 is 2.92 bits per heavy atom. The molecule has 2 amide bonds. The fourth-order valence-electron chi connectivity index (χ4n) is 3.92. The standard InChI is InChI=1S/C18H31N5O2/c1-4-15-13-22(5-2)9-10-23(15)18(24)20-14-7-11-25-17(12-14)16-6-8-19-21(16)3/h6,8,14-15,17H,4-5,7,9-13H2,1-3H3,(H,20,24). The van der Waals surface area contributed by atoms with E-state index in [2.05, 4.69) is 29.2 Å². The SMILES string of the molecule is CCC1CN(CC)CCN1C(=O)NC1CCOC(c2ccnn2C)C1. The van der Waals surface area contributed by atoms with Crippen LogP contribution in [0.3, 0.4) is 0 Å². The molecule has 0 aliphatic carbocycles. The molecule has 140 valence electrons. The Balaban J connectivity index is 1.58. The van der Waals surface area contributed by atoms with E-state index in [1.165, 1.54) is 0 Å². The van der Waals surface area contributed by atoms with Crippen LogP contribution in [0.15, 0.2) is 12.3 Å². The van der Waals surface area contributed by atoms with Crippen molar-refractivity contribution in [3.05, 3.63) is 18.0 Å². The molecule has 3 heterocycles. The fourth-order valence-corrected chi connectivity index (χ4v) is 3.92. The molecule has 0 saturated carbocycles. The normalized spacial score (nSPS) is 28.1. The minimum absolute atomic E-state index is 0.00506. The van der Waals surface area contributed by atoms with Crippen molar-refractivity contribution in [2.75, 3.05) is 32.8 Å². The molecule has 1 aromatic rings. The van der Waals surface area contributed by atoms with Crippen LogP contribution in [0.25, 0.3) is 0 Å². The number of piperazine rings is 1. The summed E-state index contributed by atoms with van der Waals surface area (Å²) in [6.45, 7) is 8.82. The fraction of sp³-hybridized carbons (Fsp3) is 0.778. The van der Waals surface area contributed by atoms with E-state index in [9.17, 15) is 4.79 Å². The Kier molecular flexibility index (Phi) is 5.96. The zero-order valence-corrected chi connectivity index (χ0v) is 15.6. The summed E-state index contributed by atoms with van der Waals surface area (Å²) >= 11 is 0. The van der Waals surface area contributed by atoms with Crippen molar-refractivity contribution in [1.29, 1.82) is 0 Å². The zero-order chi connectivity index (χ0) is 17.8. The predicted molar refractivity (Wildman–Crippen MR) is 96.4 cm³/mol. The molecule has 7 nitrogen and oxygen atoms in total. The summed E-state index contributed by atoms with van der Waals surface area (Å²) in [6.07, 6.45) is 4.46. The first-order valence-electron chi connectivity index (χ1n) is 9.51. The molecule has 0 aromatic carbocycles. The van der Waals surface area contributed by atoms with Crippen molar-refractivity contribution in [3.63, 3.8) is 0 Å². The molecule has 2 aliphatic rings. The number of urea groups is 1. The first-order valence-corrected chi connectivity index (χ1v) is 9.51. The minimum atomic E-state index is 0.00506. The van der Waals surface area contributed by atoms with Gasteiger partial charge in [0.05, 0.1) is 5.69 Å². The molecular formula is C18H31N5O2. The Morgan fingerprint density at radius 1 is 1.40 bits per heavy atom. The number of nitrogens with zero attached hydrogens (tertiary/aromatic N) is 4. The largest absolute Gasteiger partial charge is 0.372 e. The van der Waals surface area contributed by atoms with Crippen molar-refractivity contribution in [1.82, 2.24) is 24.9 Å². The highest BCUT2D eigenvalue weighted by Crippen LogP contribution is 2.28. The number of hydrogen-bond acceptors (Lipinski definition) is 4. The lowest BCUT2D eigenvalue weighted by Gasteiger charge is -2.41. The molecule has 0 radical (unpaired) electrons. The highest BCUT2D eigenvalue weighted by atomic mass is 16.5. The van der Waals surface area contributed by atoms with Crippen molar-refractivity contribution in [2.24, 2.45) is 7.05 Å². The lowest BCUT2D eigenvalue weighted by atomic mass is 10.0. The number of carbonyl (C=O) groups excluding carboxylic acids is 1. The molecule has 0 spiro atoms. The predicted octanol–water partition coefficient (Wildman–Crippen LogP) is 1.77. The van der Waals surface area contributed by atoms with Crippen LogP contribution in [0, 0.1) is 0 Å². The van der Waals surface area contributed by atoms with Gasteiger partial charge < -0.3 is 15.0 Å². The molecule has 0 bridgehead atoms. The summed E-state index contributed by atoms with van der Waals surface area (Å²) < 4.78 is 7.75. The van der Waals surface area contributed by atoms with Crippen molar-refractivity contribution >= 4 is 6.03 Å². The maximum absolute atomic E-state index is 12.8. The minimum Gasteiger partial charge on any atom is -0.372 e. The number of aromatic nitrogens is 2. The molecule has 2 saturated heterocycles. The van der Waals surface area contributed by atoms with Gasteiger partial charge in [0.25, 0.3) is 0 Å². The Hall–Kier alpha value is -1.60. The van der Waals surface area contributed by atoms with Crippen LogP contribution in [-0.4, -0.2) is 70.5 Å². The van der Waals surface area contributed by atoms with Crippen LogP contribution in [0.2, 0.25) is 0 Å². The highest BCUT2D eigenvalue weighted by Gasteiger charge is 2.32. The summed E-state index contributed by atoms with van der Waals surface area (Å²) in [5.74, 6) is 0. The lowest BCUT2D eigenvalue weighted by molar-refractivity contribution is -0.00401. The van der Waals surface area contributed by atoms with Gasteiger partial charge >= 0.3 is 6.03 Å². The van der Waals surface area contributed by atoms with Crippen LogP contribution >= 0.6 is 0 Å². The molecular weight excluding hydrogens is 318 g/mol. The van der Waals surface area contributed by atoms with E-state index in [0.717, 1.165) is 51.1 Å². The maximum atomic E-state index is 12.8. The van der Waals surface area contributed by atoms with E-state index >= 15 is 0 Å². The topological polar surface area (TPSA) is 62.6 Å². The smallest absolute Gasteiger partial charge is 0.317 e. The van der Waals surface area contributed by atoms with E-state index in [0.29, 0.717) is 12.6 Å². The molecule has 7 heteroatoms. The number of aryl methyl sites for hydroxylation is 1. The van der Waals surface area contributed by atoms with Crippen LogP contribution in [0.1, 0.15) is 44.9 Å². The third-order valence-electron chi connectivity index (χ3n) is 5.55. The van der Waals surface area contributed by atoms with Gasteiger partial charge in [-0.05, 0) is 31.9 Å². The second-order valence-electron chi connectivity index (χ2n) is 7.06. The Labute approximate surface area is 150 Å². The molecule has 1 aromatic heterocycles. The zero-order valence-electron chi connectivity index (χ0n) is 15.6. The van der Waals surface area contributed by atoms with E-state index in [1.807, 2.05) is 22.7 Å². The van der Waals surface area contributed by atoms with Crippen LogP contribution in [0.4, 0.5) is 4.79 Å². The second-order valence-corrected chi connectivity index (χ2v) is 7.06. The van der Waals surface area contributed by atoms with Crippen molar-refractivity contribution in [3.8, 4) is 0 Å². The molecule has 1 N–H and O–H groups in total. The summed E-state index contributed by atoms with van der Waals surface area (Å²) in [4.78, 5) is 17.3. The first kappa shape index (κ1) is 18.2. The van der Waals surface area contributed by atoms with E-state index in [4.69, 9.17) is 4.74 Å². The number of amides is 2. The van der Waals surface area contributed by atoms with Gasteiger partial charge in [-0.3, -0.25) is 9.58 Å². The summed E-state index contributed by atoms with van der Waals surface area (Å²) in [7, 11) is 1.93. The van der Waals surface area contributed by atoms with E-state index < -0.39 is 0 Å². The number of nitrogens with one attached hydrogen (secondary N) is 1. The summed E-state index contributed by atoms with van der Waals surface area (Å²) in [6, 6.07) is 2.54.